The molecule has 1 saturated heterocycles. The molecule has 2 fully saturated rings. The lowest BCUT2D eigenvalue weighted by molar-refractivity contribution is 0.0517. The maximum Gasteiger partial charge on any atom is 0.358 e. The summed E-state index contributed by atoms with van der Waals surface area (Å²) in [5.41, 5.74) is 2.27. The molecule has 180 valence electrons. The number of carbonyl (C=O) groups is 1. The quantitative estimate of drug-likeness (QED) is 0.400. The Morgan fingerprint density at radius 2 is 2.00 bits per heavy atom. The van der Waals surface area contributed by atoms with Gasteiger partial charge in [0.15, 0.2) is 17.2 Å². The highest BCUT2D eigenvalue weighted by Gasteiger charge is 2.76. The standard InChI is InChI=1S/C24H21ClF2N6O2/c1-12-6-14(13(2)29-15-4-5-18(25)31-20(15)22(34)35-3)19-16(7-12)30-17(8-28)21(32-19)33-10-23(11-33)9-24(23,26)27/h4-7,13,29H,9-11H2,1-3H3/t13-/m1/s1. The van der Waals surface area contributed by atoms with Gasteiger partial charge in [0.05, 0.1) is 35.3 Å². The SMILES string of the molecule is COC(=O)c1nc(Cl)ccc1N[C@H](C)c1cc(C)cc2nc(C#N)c(N3CC4(C3)CC4(F)F)nc12. The molecule has 1 aliphatic carbocycles. The Balaban J connectivity index is 1.53. The average molecular weight is 499 g/mol. The summed E-state index contributed by atoms with van der Waals surface area (Å²) in [7, 11) is 1.26. The average Bonchev–Trinajstić information content (AvgIpc) is 3.39. The number of ether oxygens (including phenoxy) is 1. The van der Waals surface area contributed by atoms with Gasteiger partial charge in [-0.05, 0) is 37.6 Å². The van der Waals surface area contributed by atoms with Crippen LogP contribution < -0.4 is 10.2 Å². The van der Waals surface area contributed by atoms with Gasteiger partial charge in [0.25, 0.3) is 5.92 Å². The minimum atomic E-state index is -2.66. The zero-order chi connectivity index (χ0) is 25.1. The van der Waals surface area contributed by atoms with Gasteiger partial charge < -0.3 is 15.0 Å². The number of methoxy groups -OCH3 is 1. The third kappa shape index (κ3) is 3.80. The molecule has 2 aliphatic rings. The Morgan fingerprint density at radius 1 is 1.29 bits per heavy atom. The van der Waals surface area contributed by atoms with Crippen LogP contribution in [-0.2, 0) is 4.74 Å². The first kappa shape index (κ1) is 23.2. The molecular formula is C24H21ClF2N6O2. The number of alkyl halides is 2. The molecule has 1 N–H and O–H groups in total. The number of pyridine rings is 1. The minimum absolute atomic E-state index is 0.0404. The highest BCUT2D eigenvalue weighted by molar-refractivity contribution is 6.29. The number of aromatic nitrogens is 3. The van der Waals surface area contributed by atoms with Crippen LogP contribution in [0.5, 0.6) is 0 Å². The summed E-state index contributed by atoms with van der Waals surface area (Å²) in [5, 5.41) is 13.1. The molecular weight excluding hydrogens is 478 g/mol. The van der Waals surface area contributed by atoms with Gasteiger partial charge >= 0.3 is 5.97 Å². The number of halogens is 3. The van der Waals surface area contributed by atoms with E-state index >= 15 is 0 Å². The molecule has 35 heavy (non-hydrogen) atoms. The summed E-state index contributed by atoms with van der Waals surface area (Å²) < 4.78 is 32.3. The number of aryl methyl sites for hydroxylation is 1. The van der Waals surface area contributed by atoms with Gasteiger partial charge in [-0.1, -0.05) is 17.7 Å². The van der Waals surface area contributed by atoms with Crippen LogP contribution in [0.2, 0.25) is 5.15 Å². The van der Waals surface area contributed by atoms with E-state index in [0.29, 0.717) is 22.5 Å². The molecule has 5 rings (SSSR count). The third-order valence-electron chi connectivity index (χ3n) is 6.61. The van der Waals surface area contributed by atoms with Crippen LogP contribution in [-0.4, -0.2) is 47.0 Å². The first-order valence-electron chi connectivity index (χ1n) is 10.9. The number of rotatable bonds is 5. The van der Waals surface area contributed by atoms with Gasteiger partial charge in [0.1, 0.15) is 11.2 Å². The molecule has 3 heterocycles. The van der Waals surface area contributed by atoms with Crippen molar-refractivity contribution in [3.05, 3.63) is 51.9 Å². The largest absolute Gasteiger partial charge is 0.464 e. The van der Waals surface area contributed by atoms with E-state index in [9.17, 15) is 18.8 Å². The van der Waals surface area contributed by atoms with E-state index in [-0.39, 0.29) is 42.1 Å². The van der Waals surface area contributed by atoms with Crippen molar-refractivity contribution in [2.45, 2.75) is 32.2 Å². The van der Waals surface area contributed by atoms with E-state index in [0.717, 1.165) is 11.1 Å². The zero-order valence-electron chi connectivity index (χ0n) is 19.2. The predicted molar refractivity (Wildman–Crippen MR) is 126 cm³/mol. The number of nitrogens with one attached hydrogen (secondary N) is 1. The highest BCUT2D eigenvalue weighted by Crippen LogP contribution is 2.65. The molecule has 0 radical (unpaired) electrons. The van der Waals surface area contributed by atoms with Crippen LogP contribution in [0.25, 0.3) is 11.0 Å². The summed E-state index contributed by atoms with van der Waals surface area (Å²) in [6, 6.07) is 8.63. The van der Waals surface area contributed by atoms with Crippen molar-refractivity contribution in [3.63, 3.8) is 0 Å². The molecule has 0 bridgehead atoms. The molecule has 1 aliphatic heterocycles. The lowest BCUT2D eigenvalue weighted by Gasteiger charge is -2.41. The fraction of sp³-hybridized carbons (Fsp3) is 0.375. The highest BCUT2D eigenvalue weighted by atomic mass is 35.5. The number of nitrogens with zero attached hydrogens (tertiary/aromatic N) is 5. The van der Waals surface area contributed by atoms with Crippen LogP contribution in [0.15, 0.2) is 24.3 Å². The predicted octanol–water partition coefficient (Wildman–Crippen LogP) is 4.66. The molecule has 0 unspecified atom stereocenters. The Bertz CT molecular complexity index is 1420. The van der Waals surface area contributed by atoms with E-state index in [1.54, 1.807) is 17.0 Å². The van der Waals surface area contributed by atoms with Crippen molar-refractivity contribution >= 4 is 40.1 Å². The van der Waals surface area contributed by atoms with Crippen molar-refractivity contribution in [3.8, 4) is 6.07 Å². The monoisotopic (exact) mass is 498 g/mol. The molecule has 1 saturated carbocycles. The summed E-state index contributed by atoms with van der Waals surface area (Å²) in [5.74, 6) is -3.00. The molecule has 3 aromatic rings. The topological polar surface area (TPSA) is 104 Å². The van der Waals surface area contributed by atoms with Gasteiger partial charge in [0.2, 0.25) is 0 Å². The Labute approximate surface area is 204 Å². The van der Waals surface area contributed by atoms with E-state index in [1.165, 1.54) is 7.11 Å². The van der Waals surface area contributed by atoms with Gasteiger partial charge in [-0.25, -0.2) is 28.5 Å². The minimum Gasteiger partial charge on any atom is -0.464 e. The molecule has 11 heteroatoms. The zero-order valence-corrected chi connectivity index (χ0v) is 20.0. The van der Waals surface area contributed by atoms with E-state index in [1.807, 2.05) is 26.0 Å². The fourth-order valence-electron chi connectivity index (χ4n) is 4.62. The van der Waals surface area contributed by atoms with Gasteiger partial charge in [-0.15, -0.1) is 0 Å². The lowest BCUT2D eigenvalue weighted by atomic mass is 9.95. The van der Waals surface area contributed by atoms with Gasteiger partial charge in [0, 0.05) is 25.1 Å². The molecule has 8 nitrogen and oxygen atoms in total. The number of carbonyl (C=O) groups excluding carboxylic acids is 1. The van der Waals surface area contributed by atoms with E-state index < -0.39 is 17.3 Å². The van der Waals surface area contributed by atoms with Crippen LogP contribution in [0.1, 0.15) is 46.7 Å². The number of fused-ring (bicyclic) bond motifs is 1. The van der Waals surface area contributed by atoms with Crippen LogP contribution in [0.4, 0.5) is 20.3 Å². The molecule has 1 aromatic carbocycles. The first-order chi connectivity index (χ1) is 16.6. The summed E-state index contributed by atoms with van der Waals surface area (Å²) in [6.45, 7) is 4.06. The Hall–Kier alpha value is -3.58. The van der Waals surface area contributed by atoms with E-state index in [2.05, 4.69) is 21.4 Å². The normalized spacial score (nSPS) is 18.0. The first-order valence-corrected chi connectivity index (χ1v) is 11.3. The number of nitriles is 1. The van der Waals surface area contributed by atoms with Gasteiger partial charge in [-0.3, -0.25) is 0 Å². The summed E-state index contributed by atoms with van der Waals surface area (Å²) in [6.07, 6.45) is -0.136. The van der Waals surface area contributed by atoms with Crippen molar-refractivity contribution in [1.82, 2.24) is 15.0 Å². The number of esters is 1. The molecule has 1 spiro atoms. The number of benzene rings is 1. The molecule has 0 amide bonds. The molecule has 2 aromatic heterocycles. The number of anilines is 2. The smallest absolute Gasteiger partial charge is 0.358 e. The molecule has 1 atom stereocenters. The van der Waals surface area contributed by atoms with Crippen molar-refractivity contribution in [2.75, 3.05) is 30.4 Å². The Kier molecular flexibility index (Phi) is 5.29. The lowest BCUT2D eigenvalue weighted by Crippen LogP contribution is -2.52. The Morgan fingerprint density at radius 3 is 2.63 bits per heavy atom. The number of hydrogen-bond donors (Lipinski definition) is 1. The number of hydrogen-bond acceptors (Lipinski definition) is 8. The van der Waals surface area contributed by atoms with Crippen molar-refractivity contribution in [1.29, 1.82) is 5.26 Å². The second-order valence-electron chi connectivity index (χ2n) is 9.13. The second kappa shape index (κ2) is 7.99. The van der Waals surface area contributed by atoms with E-state index in [4.69, 9.17) is 21.3 Å². The van der Waals surface area contributed by atoms with Crippen LogP contribution in [0.3, 0.4) is 0 Å². The van der Waals surface area contributed by atoms with Crippen molar-refractivity contribution in [2.24, 2.45) is 5.41 Å². The van der Waals surface area contributed by atoms with Crippen LogP contribution in [0, 0.1) is 23.7 Å². The second-order valence-corrected chi connectivity index (χ2v) is 9.52. The van der Waals surface area contributed by atoms with Crippen molar-refractivity contribution < 1.29 is 18.3 Å². The van der Waals surface area contributed by atoms with Gasteiger partial charge in [-0.2, -0.15) is 5.26 Å². The summed E-state index contributed by atoms with van der Waals surface area (Å²) >= 11 is 5.96. The van der Waals surface area contributed by atoms with Crippen LogP contribution >= 0.6 is 11.6 Å². The summed E-state index contributed by atoms with van der Waals surface area (Å²) in [4.78, 5) is 27.2. The maximum atomic E-state index is 13.7. The maximum absolute atomic E-state index is 13.7. The fourth-order valence-corrected chi connectivity index (χ4v) is 4.77. The third-order valence-corrected chi connectivity index (χ3v) is 6.82.